The molecule has 1 aromatic carbocycles. The lowest BCUT2D eigenvalue weighted by molar-refractivity contribution is -0.384. The monoisotopic (exact) mass is 275 g/mol. The molecule has 0 aliphatic rings. The Kier molecular flexibility index (Phi) is 5.83. The van der Waals surface area contributed by atoms with E-state index in [-0.39, 0.29) is 18.7 Å². The molecular formula is C14H13NO5. The van der Waals surface area contributed by atoms with E-state index in [1.807, 2.05) is 0 Å². The van der Waals surface area contributed by atoms with Gasteiger partial charge < -0.3 is 4.74 Å². The van der Waals surface area contributed by atoms with Crippen molar-refractivity contribution in [1.29, 1.82) is 0 Å². The quantitative estimate of drug-likeness (QED) is 0.190. The predicted octanol–water partition coefficient (Wildman–Crippen LogP) is 2.30. The topological polar surface area (TPSA) is 86.5 Å². The highest BCUT2D eigenvalue weighted by atomic mass is 16.6. The molecule has 6 heteroatoms. The van der Waals surface area contributed by atoms with Crippen LogP contribution >= 0.6 is 0 Å². The number of carbonyl (C=O) groups is 2. The van der Waals surface area contributed by atoms with E-state index in [9.17, 15) is 19.7 Å². The van der Waals surface area contributed by atoms with Crippen molar-refractivity contribution < 1.29 is 19.2 Å². The Labute approximate surface area is 115 Å². The van der Waals surface area contributed by atoms with Crippen molar-refractivity contribution in [2.75, 3.05) is 6.61 Å². The van der Waals surface area contributed by atoms with Gasteiger partial charge in [-0.2, -0.15) is 0 Å². The van der Waals surface area contributed by atoms with Crippen LogP contribution < -0.4 is 0 Å². The average molecular weight is 275 g/mol. The standard InChI is InChI=1S/C14H13NO5/c1-2-8-20-14(17)10-13(16)7-6-11-4-3-5-12(9-11)15(18)19/h2-7,9H,1,8,10H2. The van der Waals surface area contributed by atoms with E-state index in [0.29, 0.717) is 5.56 Å². The normalized spacial score (nSPS) is 10.2. The lowest BCUT2D eigenvalue weighted by Gasteiger charge is -1.98. The fourth-order valence-electron chi connectivity index (χ4n) is 1.34. The number of hydrogen-bond acceptors (Lipinski definition) is 5. The van der Waals surface area contributed by atoms with Crippen LogP contribution in [0.1, 0.15) is 12.0 Å². The minimum Gasteiger partial charge on any atom is -0.461 e. The Hall–Kier alpha value is -2.76. The van der Waals surface area contributed by atoms with Crippen molar-refractivity contribution >= 4 is 23.5 Å². The summed E-state index contributed by atoms with van der Waals surface area (Å²) in [5, 5.41) is 10.6. The summed E-state index contributed by atoms with van der Waals surface area (Å²) in [6.07, 6.45) is 3.63. The molecule has 0 aliphatic heterocycles. The zero-order valence-electron chi connectivity index (χ0n) is 10.7. The molecule has 0 amide bonds. The number of esters is 1. The summed E-state index contributed by atoms with van der Waals surface area (Å²) >= 11 is 0. The zero-order chi connectivity index (χ0) is 15.0. The van der Waals surface area contributed by atoms with E-state index in [1.54, 1.807) is 6.07 Å². The van der Waals surface area contributed by atoms with Gasteiger partial charge in [0.05, 0.1) is 4.92 Å². The van der Waals surface area contributed by atoms with Gasteiger partial charge in [0, 0.05) is 12.1 Å². The molecule has 1 aromatic rings. The van der Waals surface area contributed by atoms with Gasteiger partial charge in [0.1, 0.15) is 13.0 Å². The molecule has 0 radical (unpaired) electrons. The van der Waals surface area contributed by atoms with Crippen LogP contribution in [-0.2, 0) is 14.3 Å². The highest BCUT2D eigenvalue weighted by molar-refractivity contribution is 6.03. The van der Waals surface area contributed by atoms with Gasteiger partial charge in [-0.15, -0.1) is 0 Å². The molecule has 0 atom stereocenters. The van der Waals surface area contributed by atoms with Gasteiger partial charge in [-0.3, -0.25) is 19.7 Å². The van der Waals surface area contributed by atoms with Gasteiger partial charge >= 0.3 is 5.97 Å². The third-order valence-corrected chi connectivity index (χ3v) is 2.22. The van der Waals surface area contributed by atoms with Crippen molar-refractivity contribution in [2.45, 2.75) is 6.42 Å². The summed E-state index contributed by atoms with van der Waals surface area (Å²) in [7, 11) is 0. The SMILES string of the molecule is C=CCOC(=O)CC(=O)C=Cc1cccc([N+](=O)[O-])c1. The van der Waals surface area contributed by atoms with Gasteiger partial charge in [0.25, 0.3) is 5.69 Å². The maximum atomic E-state index is 11.5. The Morgan fingerprint density at radius 2 is 2.15 bits per heavy atom. The molecule has 0 N–H and O–H groups in total. The fraction of sp³-hybridized carbons (Fsp3) is 0.143. The number of benzene rings is 1. The molecule has 0 heterocycles. The number of nitrogens with zero attached hydrogens (tertiary/aromatic N) is 1. The van der Waals surface area contributed by atoms with Crippen LogP contribution in [0.4, 0.5) is 5.69 Å². The van der Waals surface area contributed by atoms with E-state index >= 15 is 0 Å². The number of nitro benzene ring substituents is 1. The Morgan fingerprint density at radius 1 is 1.40 bits per heavy atom. The summed E-state index contributed by atoms with van der Waals surface area (Å²) in [5.74, 6) is -1.08. The van der Waals surface area contributed by atoms with Crippen LogP contribution in [0.5, 0.6) is 0 Å². The van der Waals surface area contributed by atoms with Crippen molar-refractivity contribution in [3.8, 4) is 0 Å². The lowest BCUT2D eigenvalue weighted by atomic mass is 10.1. The second kappa shape index (κ2) is 7.63. The first-order valence-corrected chi connectivity index (χ1v) is 5.75. The summed E-state index contributed by atoms with van der Waals surface area (Å²) in [6, 6.07) is 5.82. The Bertz CT molecular complexity index is 562. The molecule has 104 valence electrons. The first-order valence-electron chi connectivity index (χ1n) is 5.75. The van der Waals surface area contributed by atoms with Crippen LogP contribution in [0, 0.1) is 10.1 Å². The molecule has 6 nitrogen and oxygen atoms in total. The number of ether oxygens (including phenoxy) is 1. The molecule has 20 heavy (non-hydrogen) atoms. The summed E-state index contributed by atoms with van der Waals surface area (Å²) in [5.41, 5.74) is 0.442. The first-order chi connectivity index (χ1) is 9.52. The minimum atomic E-state index is -0.640. The molecule has 1 rings (SSSR count). The Morgan fingerprint density at radius 3 is 2.80 bits per heavy atom. The van der Waals surface area contributed by atoms with Crippen molar-refractivity contribution in [3.05, 3.63) is 58.7 Å². The number of rotatable bonds is 7. The van der Waals surface area contributed by atoms with E-state index in [2.05, 4.69) is 11.3 Å². The number of ketones is 1. The smallest absolute Gasteiger partial charge is 0.313 e. The molecule has 0 spiro atoms. The van der Waals surface area contributed by atoms with Gasteiger partial charge in [0.2, 0.25) is 0 Å². The summed E-state index contributed by atoms with van der Waals surface area (Å²) < 4.78 is 4.66. The van der Waals surface area contributed by atoms with Crippen molar-refractivity contribution in [3.63, 3.8) is 0 Å². The maximum absolute atomic E-state index is 11.5. The van der Waals surface area contributed by atoms with Crippen LogP contribution in [0.15, 0.2) is 43.0 Å². The van der Waals surface area contributed by atoms with Crippen LogP contribution in [0.25, 0.3) is 6.08 Å². The van der Waals surface area contributed by atoms with Gasteiger partial charge in [-0.1, -0.05) is 30.9 Å². The highest BCUT2D eigenvalue weighted by Gasteiger charge is 2.08. The Balaban J connectivity index is 2.61. The second-order valence-electron chi connectivity index (χ2n) is 3.80. The molecule has 0 bridgehead atoms. The molecule has 0 fully saturated rings. The lowest BCUT2D eigenvalue weighted by Crippen LogP contribution is -2.09. The molecule has 0 aliphatic carbocycles. The molecule has 0 aromatic heterocycles. The largest absolute Gasteiger partial charge is 0.461 e. The molecule has 0 saturated heterocycles. The number of allylic oxidation sites excluding steroid dienone is 1. The number of carbonyl (C=O) groups excluding carboxylic acids is 2. The van der Waals surface area contributed by atoms with Crippen LogP contribution in [0.3, 0.4) is 0 Å². The van der Waals surface area contributed by atoms with Crippen molar-refractivity contribution in [2.24, 2.45) is 0 Å². The van der Waals surface area contributed by atoms with Crippen molar-refractivity contribution in [1.82, 2.24) is 0 Å². The average Bonchev–Trinajstić information content (AvgIpc) is 2.43. The van der Waals surface area contributed by atoms with E-state index in [1.165, 1.54) is 36.4 Å². The van der Waals surface area contributed by atoms with E-state index < -0.39 is 16.7 Å². The fourth-order valence-corrected chi connectivity index (χ4v) is 1.34. The number of nitro groups is 1. The summed E-state index contributed by atoms with van der Waals surface area (Å²) in [4.78, 5) is 32.7. The summed E-state index contributed by atoms with van der Waals surface area (Å²) in [6.45, 7) is 3.44. The second-order valence-corrected chi connectivity index (χ2v) is 3.80. The number of hydrogen-bond donors (Lipinski definition) is 0. The zero-order valence-corrected chi connectivity index (χ0v) is 10.7. The van der Waals surface area contributed by atoms with Crippen LogP contribution in [0.2, 0.25) is 0 Å². The number of non-ortho nitro benzene ring substituents is 1. The van der Waals surface area contributed by atoms with E-state index in [4.69, 9.17) is 0 Å². The van der Waals surface area contributed by atoms with Gasteiger partial charge in [0.15, 0.2) is 5.78 Å². The first kappa shape index (κ1) is 15.3. The maximum Gasteiger partial charge on any atom is 0.313 e. The van der Waals surface area contributed by atoms with E-state index in [0.717, 1.165) is 0 Å². The van der Waals surface area contributed by atoms with Gasteiger partial charge in [-0.25, -0.2) is 0 Å². The highest BCUT2D eigenvalue weighted by Crippen LogP contribution is 2.14. The predicted molar refractivity (Wildman–Crippen MR) is 72.9 cm³/mol. The molecular weight excluding hydrogens is 262 g/mol. The molecule has 0 unspecified atom stereocenters. The molecule has 0 saturated carbocycles. The third-order valence-electron chi connectivity index (χ3n) is 2.22. The van der Waals surface area contributed by atoms with Crippen LogP contribution in [-0.4, -0.2) is 23.3 Å². The third kappa shape index (κ3) is 5.26. The van der Waals surface area contributed by atoms with Gasteiger partial charge in [-0.05, 0) is 11.6 Å². The minimum absolute atomic E-state index is 0.0563.